The number of carbonyl (C=O) groups excluding carboxylic acids is 1. The van der Waals surface area contributed by atoms with Gasteiger partial charge in [0.2, 0.25) is 11.5 Å². The number of nitrogens with zero attached hydrogens (tertiary/aromatic N) is 2. The minimum Gasteiger partial charge on any atom is -0.354 e. The summed E-state index contributed by atoms with van der Waals surface area (Å²) in [4.78, 5) is 13.2. The molecule has 9 unspecified atom stereocenters. The van der Waals surface area contributed by atoms with Crippen molar-refractivity contribution in [3.63, 3.8) is 0 Å². The first-order valence-electron chi connectivity index (χ1n) is 12.9. The Hall–Kier alpha value is -1.41. The summed E-state index contributed by atoms with van der Waals surface area (Å²) in [5.74, 6) is 0.944. The summed E-state index contributed by atoms with van der Waals surface area (Å²) in [6.45, 7) is 3.30. The number of rotatable bonds is 6. The van der Waals surface area contributed by atoms with Crippen molar-refractivity contribution in [2.24, 2.45) is 30.7 Å². The summed E-state index contributed by atoms with van der Waals surface area (Å²) in [5, 5.41) is 14.6. The number of nitrogens with one attached hydrogen (secondary N) is 3. The van der Waals surface area contributed by atoms with Crippen molar-refractivity contribution < 1.29 is 13.6 Å². The molecule has 1 saturated heterocycles. The fourth-order valence-electron chi connectivity index (χ4n) is 6.43. The molecule has 3 N–H and O–H groups in total. The van der Waals surface area contributed by atoms with E-state index in [1.807, 2.05) is 24.0 Å². The molecule has 2 aliphatic carbocycles. The van der Waals surface area contributed by atoms with Gasteiger partial charge in [0.05, 0.1) is 11.4 Å². The predicted molar refractivity (Wildman–Crippen MR) is 129 cm³/mol. The zero-order chi connectivity index (χ0) is 24.4. The van der Waals surface area contributed by atoms with Gasteiger partial charge in [-0.05, 0) is 75.0 Å². The minimum atomic E-state index is -1.01. The van der Waals surface area contributed by atoms with E-state index in [0.717, 1.165) is 19.3 Å². The van der Waals surface area contributed by atoms with E-state index in [0.29, 0.717) is 56.7 Å². The third-order valence-corrected chi connectivity index (χ3v) is 8.97. The van der Waals surface area contributed by atoms with Gasteiger partial charge in [0.15, 0.2) is 0 Å². The van der Waals surface area contributed by atoms with Gasteiger partial charge in [-0.15, -0.1) is 11.6 Å². The molecular weight excluding hydrogens is 460 g/mol. The molecule has 2 heterocycles. The Bertz CT molecular complexity index is 891. The lowest BCUT2D eigenvalue weighted by molar-refractivity contribution is -0.125. The first-order valence-corrected chi connectivity index (χ1v) is 13.4. The molecule has 192 valence electrons. The number of alkyl halides is 3. The van der Waals surface area contributed by atoms with Crippen LogP contribution in [0.3, 0.4) is 0 Å². The van der Waals surface area contributed by atoms with Gasteiger partial charge in [-0.2, -0.15) is 0 Å². The number of halogens is 3. The van der Waals surface area contributed by atoms with E-state index in [1.54, 1.807) is 4.57 Å². The third-order valence-electron chi connectivity index (χ3n) is 8.47. The van der Waals surface area contributed by atoms with E-state index in [-0.39, 0.29) is 35.7 Å². The summed E-state index contributed by atoms with van der Waals surface area (Å²) in [6.07, 6.45) is 7.57. The van der Waals surface area contributed by atoms with Gasteiger partial charge in [0.1, 0.15) is 12.3 Å². The quantitative estimate of drug-likeness (QED) is 0.522. The molecule has 0 bridgehead atoms. The predicted octanol–water partition coefficient (Wildman–Crippen LogP) is 3.68. The van der Waals surface area contributed by atoms with Crippen LogP contribution in [0.25, 0.3) is 0 Å². The normalized spacial score (nSPS) is 39.0. The second-order valence-corrected chi connectivity index (χ2v) is 11.6. The van der Waals surface area contributed by atoms with E-state index in [4.69, 9.17) is 17.0 Å². The van der Waals surface area contributed by atoms with Gasteiger partial charge >= 0.3 is 0 Å². The number of imidazole rings is 1. The van der Waals surface area contributed by atoms with Crippen LogP contribution in [0.5, 0.6) is 0 Å². The van der Waals surface area contributed by atoms with Crippen LogP contribution >= 0.6 is 11.6 Å². The Balaban J connectivity index is 1.42. The Morgan fingerprint density at radius 2 is 1.94 bits per heavy atom. The maximum Gasteiger partial charge on any atom is 0.237 e. The topological polar surface area (TPSA) is 74.8 Å². The number of amides is 1. The Kier molecular flexibility index (Phi) is 8.39. The first kappa shape index (κ1) is 25.7. The second-order valence-electron chi connectivity index (χ2n) is 11.1. The molecule has 9 atom stereocenters. The highest BCUT2D eigenvalue weighted by Crippen LogP contribution is 2.38. The molecule has 0 radical (unpaired) electrons. The summed E-state index contributed by atoms with van der Waals surface area (Å²) in [6, 6.07) is -0.180. The molecule has 3 aliphatic rings. The summed E-state index contributed by atoms with van der Waals surface area (Å²) in [5.41, 5.74) is 0.443. The molecule has 0 aromatic carbocycles. The van der Waals surface area contributed by atoms with Crippen molar-refractivity contribution in [3.8, 4) is 0 Å². The largest absolute Gasteiger partial charge is 0.354 e. The lowest BCUT2D eigenvalue weighted by Crippen LogP contribution is -2.57. The molecule has 2 saturated carbocycles. The molecule has 1 aliphatic heterocycles. The maximum atomic E-state index is 14.0. The van der Waals surface area contributed by atoms with Gasteiger partial charge in [0.25, 0.3) is 0 Å². The fraction of sp³-hybridized carbons (Fsp3) is 0.840. The summed E-state index contributed by atoms with van der Waals surface area (Å²) >= 11 is 6.01. The van der Waals surface area contributed by atoms with Crippen LogP contribution in [0.1, 0.15) is 58.3 Å². The van der Waals surface area contributed by atoms with Crippen molar-refractivity contribution >= 4 is 17.5 Å². The molecule has 34 heavy (non-hydrogen) atoms. The van der Waals surface area contributed by atoms with Crippen molar-refractivity contribution in [3.05, 3.63) is 18.0 Å². The Labute approximate surface area is 206 Å². The van der Waals surface area contributed by atoms with Gasteiger partial charge < -0.3 is 19.8 Å². The van der Waals surface area contributed by atoms with E-state index in [2.05, 4.69) is 17.6 Å². The van der Waals surface area contributed by atoms with E-state index < -0.39 is 17.7 Å². The Morgan fingerprint density at radius 1 is 1.15 bits per heavy atom. The number of hydrogen-bond acceptors (Lipinski definition) is 3. The minimum absolute atomic E-state index is 0.0332. The third kappa shape index (κ3) is 6.04. The van der Waals surface area contributed by atoms with Crippen LogP contribution in [0.15, 0.2) is 12.4 Å². The number of hydrogen-bond donors (Lipinski definition) is 3. The van der Waals surface area contributed by atoms with Gasteiger partial charge in [0, 0.05) is 38.6 Å². The van der Waals surface area contributed by atoms with Crippen molar-refractivity contribution in [2.75, 3.05) is 6.54 Å². The highest BCUT2D eigenvalue weighted by molar-refractivity contribution is 6.21. The van der Waals surface area contributed by atoms with Crippen LogP contribution in [-0.4, -0.2) is 51.4 Å². The van der Waals surface area contributed by atoms with Crippen LogP contribution in [0, 0.1) is 29.1 Å². The molecule has 6 nitrogen and oxygen atoms in total. The molecule has 3 fully saturated rings. The first-order chi connectivity index (χ1) is 16.2. The highest BCUT2D eigenvalue weighted by atomic mass is 35.5. The van der Waals surface area contributed by atoms with Gasteiger partial charge in [-0.1, -0.05) is 6.92 Å². The smallest absolute Gasteiger partial charge is 0.237 e. The summed E-state index contributed by atoms with van der Waals surface area (Å²) in [7, 11) is 1.86. The lowest BCUT2D eigenvalue weighted by atomic mass is 9.71. The maximum absolute atomic E-state index is 14.0. The van der Waals surface area contributed by atoms with Crippen molar-refractivity contribution in [1.82, 2.24) is 19.8 Å². The fourth-order valence-corrected chi connectivity index (χ4v) is 6.66. The number of piperidine rings is 1. The lowest BCUT2D eigenvalue weighted by Gasteiger charge is -2.43. The molecule has 9 heteroatoms. The van der Waals surface area contributed by atoms with E-state index in [1.165, 1.54) is 0 Å². The van der Waals surface area contributed by atoms with E-state index >= 15 is 0 Å². The zero-order valence-corrected chi connectivity index (χ0v) is 21.1. The standard InChI is InChI=1S/C25H40ClF2N5O/c1-15-9-18(27)4-5-19(15)22-11-17(14-33-8-7-32(2)25(33)29)12-23(31-22)24(34)30-13-16-3-6-20(26)21(28)10-16/h7-8,15-23,29,31H,3-6,9-14H2,1-2H3,(H,30,34). The van der Waals surface area contributed by atoms with Gasteiger partial charge in [-0.25, -0.2) is 8.78 Å². The van der Waals surface area contributed by atoms with Crippen LogP contribution in [-0.2, 0) is 18.4 Å². The SMILES string of the molecule is CC1CC(F)CCC1C1CC(Cn2ccn(C)c2=N)CC(C(=O)NCC2CCC(Cl)C(F)C2)N1. The average Bonchev–Trinajstić information content (AvgIpc) is 3.11. The molecule has 1 amide bonds. The molecule has 1 aromatic rings. The number of aromatic nitrogens is 2. The van der Waals surface area contributed by atoms with Crippen LogP contribution in [0.4, 0.5) is 8.78 Å². The number of carbonyl (C=O) groups is 1. The van der Waals surface area contributed by atoms with Gasteiger partial charge in [-0.3, -0.25) is 10.2 Å². The molecule has 1 aromatic heterocycles. The number of aryl methyl sites for hydroxylation is 1. The van der Waals surface area contributed by atoms with Crippen molar-refractivity contribution in [1.29, 1.82) is 5.41 Å². The van der Waals surface area contributed by atoms with Crippen LogP contribution < -0.4 is 16.3 Å². The monoisotopic (exact) mass is 499 g/mol. The highest BCUT2D eigenvalue weighted by Gasteiger charge is 2.40. The zero-order valence-electron chi connectivity index (χ0n) is 20.4. The molecule has 0 spiro atoms. The second kappa shape index (κ2) is 11.1. The van der Waals surface area contributed by atoms with Crippen molar-refractivity contribution in [2.45, 2.75) is 94.6 Å². The average molecular weight is 500 g/mol. The molecular formula is C25H40ClF2N5O. The van der Waals surface area contributed by atoms with Crippen LogP contribution in [0.2, 0.25) is 0 Å². The molecule has 4 rings (SSSR count). The summed E-state index contributed by atoms with van der Waals surface area (Å²) < 4.78 is 31.7. The Morgan fingerprint density at radius 3 is 2.62 bits per heavy atom. The van der Waals surface area contributed by atoms with E-state index in [9.17, 15) is 13.6 Å².